The van der Waals surface area contributed by atoms with E-state index in [1.54, 1.807) is 24.3 Å². The Morgan fingerprint density at radius 2 is 1.38 bits per heavy atom. The first-order valence-corrected chi connectivity index (χ1v) is 6.47. The molecule has 0 unspecified atom stereocenters. The molecular formula is C16H15F2NO2. The van der Waals surface area contributed by atoms with Crippen LogP contribution in [0.25, 0.3) is 0 Å². The maximum absolute atomic E-state index is 13.0. The minimum Gasteiger partial charge on any atom is -0.464 e. The number of hydrogen-bond donors (Lipinski definition) is 1. The second-order valence-corrected chi connectivity index (χ2v) is 4.54. The van der Waals surface area contributed by atoms with Crippen LogP contribution in [0.2, 0.25) is 0 Å². The van der Waals surface area contributed by atoms with Gasteiger partial charge in [0.2, 0.25) is 0 Å². The van der Waals surface area contributed by atoms with E-state index in [0.717, 1.165) is 11.1 Å². The molecule has 110 valence electrons. The molecule has 0 aliphatic heterocycles. The van der Waals surface area contributed by atoms with Gasteiger partial charge >= 0.3 is 5.97 Å². The summed E-state index contributed by atoms with van der Waals surface area (Å²) in [7, 11) is 0. The van der Waals surface area contributed by atoms with Crippen molar-refractivity contribution in [1.29, 1.82) is 0 Å². The highest BCUT2D eigenvalue weighted by Crippen LogP contribution is 2.25. The lowest BCUT2D eigenvalue weighted by atomic mass is 9.92. The van der Waals surface area contributed by atoms with E-state index < -0.39 is 5.97 Å². The maximum Gasteiger partial charge on any atom is 0.319 e. The third kappa shape index (κ3) is 4.10. The molecule has 0 aliphatic rings. The van der Waals surface area contributed by atoms with Crippen molar-refractivity contribution in [3.8, 4) is 0 Å². The van der Waals surface area contributed by atoms with Gasteiger partial charge in [0, 0.05) is 5.92 Å². The monoisotopic (exact) mass is 291 g/mol. The van der Waals surface area contributed by atoms with E-state index >= 15 is 0 Å². The highest BCUT2D eigenvalue weighted by molar-refractivity contribution is 5.71. The summed E-state index contributed by atoms with van der Waals surface area (Å²) in [5.41, 5.74) is 6.74. The van der Waals surface area contributed by atoms with Crippen LogP contribution in [0.15, 0.2) is 48.5 Å². The molecule has 0 spiro atoms. The van der Waals surface area contributed by atoms with Gasteiger partial charge in [-0.2, -0.15) is 0 Å². The minimum absolute atomic E-state index is 0.0628. The largest absolute Gasteiger partial charge is 0.464 e. The molecule has 3 nitrogen and oxygen atoms in total. The average Bonchev–Trinajstić information content (AvgIpc) is 2.50. The second kappa shape index (κ2) is 6.95. The zero-order chi connectivity index (χ0) is 15.2. The summed E-state index contributed by atoms with van der Waals surface area (Å²) in [6.07, 6.45) is 0. The summed E-state index contributed by atoms with van der Waals surface area (Å²) in [5, 5.41) is 0. The molecule has 0 atom stereocenters. The van der Waals surface area contributed by atoms with E-state index in [1.807, 2.05) is 0 Å². The molecule has 0 aliphatic carbocycles. The SMILES string of the molecule is NCC(=O)OCC(c1ccc(F)cc1)c1ccc(F)cc1. The summed E-state index contributed by atoms with van der Waals surface area (Å²) in [5.74, 6) is -1.53. The fraction of sp³-hybridized carbons (Fsp3) is 0.188. The number of halogens is 2. The number of hydrogen-bond acceptors (Lipinski definition) is 3. The Bertz CT molecular complexity index is 551. The van der Waals surface area contributed by atoms with Gasteiger partial charge in [-0.1, -0.05) is 24.3 Å². The first kappa shape index (κ1) is 15.1. The van der Waals surface area contributed by atoms with Crippen LogP contribution in [0.4, 0.5) is 8.78 Å². The molecule has 5 heteroatoms. The smallest absolute Gasteiger partial charge is 0.319 e. The van der Waals surface area contributed by atoms with Crippen molar-refractivity contribution in [3.05, 3.63) is 71.3 Å². The van der Waals surface area contributed by atoms with E-state index in [2.05, 4.69) is 0 Å². The summed E-state index contributed by atoms with van der Waals surface area (Å²) in [4.78, 5) is 11.2. The summed E-state index contributed by atoms with van der Waals surface area (Å²) < 4.78 is 31.1. The Labute approximate surface area is 121 Å². The van der Waals surface area contributed by atoms with Gasteiger partial charge in [-0.25, -0.2) is 8.78 Å². The lowest BCUT2D eigenvalue weighted by Crippen LogP contribution is -2.20. The van der Waals surface area contributed by atoms with Crippen LogP contribution in [-0.4, -0.2) is 19.1 Å². The molecule has 2 aromatic carbocycles. The molecule has 0 radical (unpaired) electrons. The molecule has 2 N–H and O–H groups in total. The first-order valence-electron chi connectivity index (χ1n) is 6.47. The van der Waals surface area contributed by atoms with Crippen LogP contribution < -0.4 is 5.73 Å². The van der Waals surface area contributed by atoms with E-state index in [1.165, 1.54) is 24.3 Å². The predicted molar refractivity (Wildman–Crippen MR) is 74.7 cm³/mol. The van der Waals surface area contributed by atoms with Crippen LogP contribution >= 0.6 is 0 Å². The summed E-state index contributed by atoms with van der Waals surface area (Å²) in [6, 6.07) is 11.8. The van der Waals surface area contributed by atoms with Crippen molar-refractivity contribution in [1.82, 2.24) is 0 Å². The van der Waals surface area contributed by atoms with Crippen molar-refractivity contribution in [2.45, 2.75) is 5.92 Å². The third-order valence-corrected chi connectivity index (χ3v) is 3.12. The van der Waals surface area contributed by atoms with Crippen molar-refractivity contribution in [2.24, 2.45) is 5.73 Å². The lowest BCUT2D eigenvalue weighted by molar-refractivity contribution is -0.142. The van der Waals surface area contributed by atoms with Crippen LogP contribution in [0.3, 0.4) is 0 Å². The Morgan fingerprint density at radius 3 is 1.76 bits per heavy atom. The molecule has 0 fully saturated rings. The quantitative estimate of drug-likeness (QED) is 0.862. The van der Waals surface area contributed by atoms with Gasteiger partial charge in [0.1, 0.15) is 18.2 Å². The Hall–Kier alpha value is -2.27. The van der Waals surface area contributed by atoms with Gasteiger partial charge in [0.05, 0.1) is 6.54 Å². The average molecular weight is 291 g/mol. The van der Waals surface area contributed by atoms with E-state index in [9.17, 15) is 13.6 Å². The molecule has 2 aromatic rings. The van der Waals surface area contributed by atoms with Crippen LogP contribution in [0.5, 0.6) is 0 Å². The number of rotatable bonds is 5. The van der Waals surface area contributed by atoms with E-state index in [4.69, 9.17) is 10.5 Å². The third-order valence-electron chi connectivity index (χ3n) is 3.12. The minimum atomic E-state index is -0.524. The normalized spacial score (nSPS) is 10.7. The molecule has 0 saturated heterocycles. The lowest BCUT2D eigenvalue weighted by Gasteiger charge is -2.18. The van der Waals surface area contributed by atoms with Crippen molar-refractivity contribution in [3.63, 3.8) is 0 Å². The van der Waals surface area contributed by atoms with Crippen molar-refractivity contribution in [2.75, 3.05) is 13.2 Å². The van der Waals surface area contributed by atoms with Crippen LogP contribution in [0.1, 0.15) is 17.0 Å². The number of esters is 1. The van der Waals surface area contributed by atoms with E-state index in [0.29, 0.717) is 0 Å². The van der Waals surface area contributed by atoms with Gasteiger partial charge in [-0.3, -0.25) is 4.79 Å². The van der Waals surface area contributed by atoms with Crippen LogP contribution in [0, 0.1) is 11.6 Å². The van der Waals surface area contributed by atoms with Gasteiger partial charge < -0.3 is 10.5 Å². The fourth-order valence-corrected chi connectivity index (χ4v) is 2.01. The number of ether oxygens (including phenoxy) is 1. The molecule has 2 rings (SSSR count). The Kier molecular flexibility index (Phi) is 5.00. The van der Waals surface area contributed by atoms with Crippen LogP contribution in [-0.2, 0) is 9.53 Å². The molecule has 0 saturated carbocycles. The van der Waals surface area contributed by atoms with Crippen molar-refractivity contribution < 1.29 is 18.3 Å². The number of benzene rings is 2. The highest BCUT2D eigenvalue weighted by Gasteiger charge is 2.16. The fourth-order valence-electron chi connectivity index (χ4n) is 2.01. The summed E-state index contributed by atoms with van der Waals surface area (Å²) >= 11 is 0. The second-order valence-electron chi connectivity index (χ2n) is 4.54. The first-order chi connectivity index (χ1) is 10.1. The zero-order valence-corrected chi connectivity index (χ0v) is 11.3. The molecular weight excluding hydrogens is 276 g/mol. The van der Waals surface area contributed by atoms with E-state index in [-0.39, 0.29) is 30.7 Å². The van der Waals surface area contributed by atoms with Gasteiger partial charge in [0.25, 0.3) is 0 Å². The number of carbonyl (C=O) groups excluding carboxylic acids is 1. The maximum atomic E-state index is 13.0. The number of carbonyl (C=O) groups is 1. The highest BCUT2D eigenvalue weighted by atomic mass is 19.1. The molecule has 0 amide bonds. The molecule has 21 heavy (non-hydrogen) atoms. The van der Waals surface area contributed by atoms with Crippen molar-refractivity contribution >= 4 is 5.97 Å². The topological polar surface area (TPSA) is 52.3 Å². The summed E-state index contributed by atoms with van der Waals surface area (Å²) in [6.45, 7) is -0.146. The molecule has 0 bridgehead atoms. The van der Waals surface area contributed by atoms with Gasteiger partial charge in [0.15, 0.2) is 0 Å². The number of nitrogens with two attached hydrogens (primary N) is 1. The van der Waals surface area contributed by atoms with Gasteiger partial charge in [-0.15, -0.1) is 0 Å². The Morgan fingerprint density at radius 1 is 0.952 bits per heavy atom. The standard InChI is InChI=1S/C16H15F2NO2/c17-13-5-1-11(2-6-13)15(10-21-16(20)9-19)12-3-7-14(18)8-4-12/h1-8,15H,9-10,19H2. The van der Waals surface area contributed by atoms with Gasteiger partial charge in [-0.05, 0) is 35.4 Å². The zero-order valence-electron chi connectivity index (χ0n) is 11.3. The molecule has 0 aromatic heterocycles. The molecule has 0 heterocycles. The Balaban J connectivity index is 2.27. The predicted octanol–water partition coefficient (Wildman–Crippen LogP) is 2.60.